The van der Waals surface area contributed by atoms with E-state index in [2.05, 4.69) is 57.2 Å². The third-order valence-corrected chi connectivity index (χ3v) is 4.07. The van der Waals surface area contributed by atoms with Gasteiger partial charge in [0.25, 0.3) is 0 Å². The smallest absolute Gasteiger partial charge is 0.217 e. The number of rotatable bonds is 1. The van der Waals surface area contributed by atoms with Crippen LogP contribution in [-0.2, 0) is 18.3 Å². The molecule has 0 saturated carbocycles. The monoisotopic (exact) mass is 267 g/mol. The van der Waals surface area contributed by atoms with E-state index in [1.54, 1.807) is 0 Å². The van der Waals surface area contributed by atoms with E-state index in [0.717, 1.165) is 18.6 Å². The summed E-state index contributed by atoms with van der Waals surface area (Å²) < 4.78 is 6.23. The normalized spacial score (nSPS) is 14.9. The van der Waals surface area contributed by atoms with Crippen molar-refractivity contribution >= 4 is 0 Å². The van der Waals surface area contributed by atoms with E-state index >= 15 is 0 Å². The molecular formula is C19H23O+. The molecule has 104 valence electrons. The first-order chi connectivity index (χ1) is 9.55. The minimum absolute atomic E-state index is 0.0516. The average Bonchev–Trinajstić information content (AvgIpc) is 2.46. The largest absolute Gasteiger partial charge is 0.335 e. The Balaban J connectivity index is 2.21. The Morgan fingerprint density at radius 2 is 1.65 bits per heavy atom. The van der Waals surface area contributed by atoms with Gasteiger partial charge in [0.1, 0.15) is 0 Å². The highest BCUT2D eigenvalue weighted by atomic mass is 16.3. The van der Waals surface area contributed by atoms with Gasteiger partial charge in [-0.25, -0.2) is 4.42 Å². The van der Waals surface area contributed by atoms with E-state index < -0.39 is 0 Å². The average molecular weight is 267 g/mol. The Bertz CT molecular complexity index is 606. The zero-order valence-electron chi connectivity index (χ0n) is 12.7. The Morgan fingerprint density at radius 3 is 2.35 bits per heavy atom. The molecule has 1 aromatic heterocycles. The van der Waals surface area contributed by atoms with Crippen LogP contribution >= 0.6 is 0 Å². The van der Waals surface area contributed by atoms with Crippen LogP contribution in [0.5, 0.6) is 0 Å². The highest BCUT2D eigenvalue weighted by Crippen LogP contribution is 2.36. The summed E-state index contributed by atoms with van der Waals surface area (Å²) in [6, 6.07) is 13.0. The quantitative estimate of drug-likeness (QED) is 0.629. The maximum atomic E-state index is 6.23. The van der Waals surface area contributed by atoms with Crippen LogP contribution in [0.4, 0.5) is 0 Å². The van der Waals surface area contributed by atoms with Crippen LogP contribution in [0.2, 0.25) is 0 Å². The van der Waals surface area contributed by atoms with Crippen molar-refractivity contribution < 1.29 is 4.42 Å². The predicted octanol–water partition coefficient (Wildman–Crippen LogP) is 5.40. The Morgan fingerprint density at radius 1 is 0.950 bits per heavy atom. The summed E-state index contributed by atoms with van der Waals surface area (Å²) in [6.45, 7) is 6.65. The molecule has 2 aromatic rings. The molecule has 0 unspecified atom stereocenters. The van der Waals surface area contributed by atoms with Gasteiger partial charge in [-0.1, -0.05) is 30.3 Å². The SMILES string of the molecule is CC(C)(C)c1cc(-c2ccccc2)c2c([o+]1)CCCC2. The highest BCUT2D eigenvalue weighted by molar-refractivity contribution is 5.68. The van der Waals surface area contributed by atoms with E-state index in [4.69, 9.17) is 4.42 Å². The second-order valence-electron chi connectivity index (χ2n) is 6.75. The first-order valence-corrected chi connectivity index (χ1v) is 7.60. The van der Waals surface area contributed by atoms with Crippen molar-refractivity contribution in [1.82, 2.24) is 0 Å². The van der Waals surface area contributed by atoms with Gasteiger partial charge in [-0.2, -0.15) is 0 Å². The summed E-state index contributed by atoms with van der Waals surface area (Å²) in [5.74, 6) is 2.31. The summed E-state index contributed by atoms with van der Waals surface area (Å²) >= 11 is 0. The predicted molar refractivity (Wildman–Crippen MR) is 83.9 cm³/mol. The number of hydrogen-bond acceptors (Lipinski definition) is 0. The molecule has 0 radical (unpaired) electrons. The van der Waals surface area contributed by atoms with Crippen molar-refractivity contribution in [2.75, 3.05) is 0 Å². The summed E-state index contributed by atoms with van der Waals surface area (Å²) in [4.78, 5) is 0. The molecule has 1 aromatic carbocycles. The summed E-state index contributed by atoms with van der Waals surface area (Å²) in [5.41, 5.74) is 4.16. The lowest BCUT2D eigenvalue weighted by Crippen LogP contribution is -2.14. The maximum Gasteiger partial charge on any atom is 0.335 e. The van der Waals surface area contributed by atoms with E-state index in [0.29, 0.717) is 0 Å². The van der Waals surface area contributed by atoms with Crippen LogP contribution in [-0.4, -0.2) is 0 Å². The van der Waals surface area contributed by atoms with Crippen molar-refractivity contribution in [2.24, 2.45) is 0 Å². The van der Waals surface area contributed by atoms with Crippen LogP contribution in [0.3, 0.4) is 0 Å². The molecular weight excluding hydrogens is 244 g/mol. The minimum Gasteiger partial charge on any atom is -0.217 e. The number of hydrogen-bond donors (Lipinski definition) is 0. The second kappa shape index (κ2) is 5.05. The lowest BCUT2D eigenvalue weighted by Gasteiger charge is -2.16. The van der Waals surface area contributed by atoms with Gasteiger partial charge in [0, 0.05) is 11.6 Å². The van der Waals surface area contributed by atoms with Gasteiger partial charge in [-0.15, -0.1) is 0 Å². The van der Waals surface area contributed by atoms with Gasteiger partial charge in [-0.3, -0.25) is 0 Å². The van der Waals surface area contributed by atoms with Gasteiger partial charge >= 0.3 is 11.5 Å². The van der Waals surface area contributed by atoms with E-state index in [9.17, 15) is 0 Å². The Labute approximate surface area is 121 Å². The molecule has 0 amide bonds. The van der Waals surface area contributed by atoms with Gasteiger partial charge in [0.2, 0.25) is 0 Å². The Hall–Kier alpha value is -1.63. The zero-order valence-corrected chi connectivity index (χ0v) is 12.7. The highest BCUT2D eigenvalue weighted by Gasteiger charge is 2.33. The summed E-state index contributed by atoms with van der Waals surface area (Å²) in [5, 5.41) is 0. The molecule has 1 aliphatic rings. The molecule has 1 aliphatic carbocycles. The molecule has 0 N–H and O–H groups in total. The molecule has 0 aliphatic heterocycles. The first-order valence-electron chi connectivity index (χ1n) is 7.60. The standard InChI is InChI=1S/C19H23O/c1-19(2,3)18-13-16(14-9-5-4-6-10-14)15-11-7-8-12-17(15)20-18/h4-6,9-10,13H,7-8,11-12H2,1-3H3/q+1. The fraction of sp³-hybridized carbons (Fsp3) is 0.421. The molecule has 0 bridgehead atoms. The number of benzene rings is 1. The van der Waals surface area contributed by atoms with Gasteiger partial charge in [0.15, 0.2) is 0 Å². The number of fused-ring (bicyclic) bond motifs is 1. The molecule has 0 atom stereocenters. The number of aryl methyl sites for hydroxylation is 1. The van der Waals surface area contributed by atoms with Crippen LogP contribution in [0, 0.1) is 0 Å². The van der Waals surface area contributed by atoms with Crippen molar-refractivity contribution in [1.29, 1.82) is 0 Å². The first kappa shape index (κ1) is 13.4. The van der Waals surface area contributed by atoms with E-state index in [1.165, 1.54) is 35.3 Å². The topological polar surface area (TPSA) is 11.3 Å². The van der Waals surface area contributed by atoms with Crippen molar-refractivity contribution in [2.45, 2.75) is 51.9 Å². The Kier molecular flexibility index (Phi) is 3.37. The van der Waals surface area contributed by atoms with E-state index in [-0.39, 0.29) is 5.41 Å². The van der Waals surface area contributed by atoms with Crippen LogP contribution < -0.4 is 0 Å². The lowest BCUT2D eigenvalue weighted by atomic mass is 9.86. The van der Waals surface area contributed by atoms with Gasteiger partial charge in [0.05, 0.1) is 17.4 Å². The molecule has 20 heavy (non-hydrogen) atoms. The maximum absolute atomic E-state index is 6.23. The molecule has 0 saturated heterocycles. The summed E-state index contributed by atoms with van der Waals surface area (Å²) in [7, 11) is 0. The van der Waals surface area contributed by atoms with Crippen molar-refractivity contribution in [3.05, 3.63) is 53.5 Å². The third kappa shape index (κ3) is 2.49. The van der Waals surface area contributed by atoms with Crippen molar-refractivity contribution in [3.63, 3.8) is 0 Å². The molecule has 1 heteroatoms. The van der Waals surface area contributed by atoms with Crippen LogP contribution in [0.15, 0.2) is 40.8 Å². The lowest BCUT2D eigenvalue weighted by molar-refractivity contribution is 0.358. The third-order valence-electron chi connectivity index (χ3n) is 4.07. The van der Waals surface area contributed by atoms with Crippen LogP contribution in [0.25, 0.3) is 11.1 Å². The summed E-state index contributed by atoms with van der Waals surface area (Å²) in [6.07, 6.45) is 4.75. The van der Waals surface area contributed by atoms with Gasteiger partial charge < -0.3 is 0 Å². The fourth-order valence-corrected chi connectivity index (χ4v) is 2.90. The zero-order chi connectivity index (χ0) is 14.2. The fourth-order valence-electron chi connectivity index (χ4n) is 2.90. The molecule has 1 heterocycles. The minimum atomic E-state index is 0.0516. The van der Waals surface area contributed by atoms with Crippen molar-refractivity contribution in [3.8, 4) is 11.1 Å². The molecule has 0 spiro atoms. The van der Waals surface area contributed by atoms with Gasteiger partial charge in [-0.05, 0) is 45.6 Å². The second-order valence-corrected chi connectivity index (χ2v) is 6.75. The molecule has 1 nitrogen and oxygen atoms in total. The van der Waals surface area contributed by atoms with Crippen LogP contribution in [0.1, 0.15) is 50.7 Å². The molecule has 3 rings (SSSR count). The molecule has 0 fully saturated rings. The van der Waals surface area contributed by atoms with E-state index in [1.807, 2.05) is 0 Å².